The summed E-state index contributed by atoms with van der Waals surface area (Å²) in [6, 6.07) is 7.50. The first-order chi connectivity index (χ1) is 7.54. The molecule has 0 amide bonds. The lowest BCUT2D eigenvalue weighted by Gasteiger charge is -2.23. The molecule has 1 unspecified atom stereocenters. The highest BCUT2D eigenvalue weighted by atomic mass is 35.5. The Kier molecular flexibility index (Phi) is 4.58. The second-order valence-corrected chi connectivity index (χ2v) is 4.18. The Morgan fingerprint density at radius 1 is 1.62 bits per heavy atom. The molecule has 4 nitrogen and oxygen atoms in total. The van der Waals surface area contributed by atoms with Crippen LogP contribution in [0, 0.1) is 0 Å². The van der Waals surface area contributed by atoms with Crippen LogP contribution >= 0.6 is 11.6 Å². The normalized spacial score (nSPS) is 14.1. The van der Waals surface area contributed by atoms with E-state index < -0.39 is 0 Å². The van der Waals surface area contributed by atoms with E-state index in [-0.39, 0.29) is 11.9 Å². The van der Waals surface area contributed by atoms with E-state index in [1.54, 1.807) is 0 Å². The van der Waals surface area contributed by atoms with Crippen molar-refractivity contribution in [3.05, 3.63) is 34.9 Å². The summed E-state index contributed by atoms with van der Waals surface area (Å²) < 4.78 is 0. The third-order valence-electron chi connectivity index (χ3n) is 2.53. The molecule has 0 saturated heterocycles. The van der Waals surface area contributed by atoms with E-state index in [9.17, 15) is 0 Å². The van der Waals surface area contributed by atoms with E-state index in [4.69, 9.17) is 22.5 Å². The zero-order valence-corrected chi connectivity index (χ0v) is 10.1. The Bertz CT molecular complexity index is 381. The summed E-state index contributed by atoms with van der Waals surface area (Å²) in [5, 5.41) is 12.3. The average molecular weight is 242 g/mol. The van der Waals surface area contributed by atoms with Gasteiger partial charge in [0, 0.05) is 11.6 Å². The standard InChI is InChI=1S/C11H16ClN3O/c1-8(11(13)14-16)15(2)7-9-4-3-5-10(12)6-9/h3-6,8,16H,7H2,1-2H3,(H2,13,14). The Balaban J connectivity index is 2.67. The van der Waals surface area contributed by atoms with E-state index in [0.29, 0.717) is 11.6 Å². The van der Waals surface area contributed by atoms with Crippen molar-refractivity contribution >= 4 is 17.4 Å². The lowest BCUT2D eigenvalue weighted by Crippen LogP contribution is -2.40. The molecule has 5 heteroatoms. The fraction of sp³-hybridized carbons (Fsp3) is 0.364. The average Bonchev–Trinajstić information content (AvgIpc) is 2.27. The highest BCUT2D eigenvalue weighted by Crippen LogP contribution is 2.13. The van der Waals surface area contributed by atoms with Crippen molar-refractivity contribution in [1.29, 1.82) is 0 Å². The first-order valence-electron chi connectivity index (χ1n) is 4.96. The van der Waals surface area contributed by atoms with Crippen LogP contribution in [0.5, 0.6) is 0 Å². The molecule has 0 aliphatic rings. The molecule has 3 N–H and O–H groups in total. The summed E-state index contributed by atoms with van der Waals surface area (Å²) in [7, 11) is 1.91. The maximum absolute atomic E-state index is 8.58. The first-order valence-corrected chi connectivity index (χ1v) is 5.34. The Morgan fingerprint density at radius 3 is 2.88 bits per heavy atom. The molecule has 88 valence electrons. The molecule has 0 saturated carbocycles. The molecule has 0 radical (unpaired) electrons. The van der Waals surface area contributed by atoms with E-state index in [2.05, 4.69) is 5.16 Å². The summed E-state index contributed by atoms with van der Waals surface area (Å²) in [6.07, 6.45) is 0. The molecule has 0 bridgehead atoms. The third kappa shape index (κ3) is 3.40. The number of halogens is 1. The predicted molar refractivity (Wildman–Crippen MR) is 65.8 cm³/mol. The number of hydrogen-bond donors (Lipinski definition) is 2. The third-order valence-corrected chi connectivity index (χ3v) is 2.76. The molecule has 0 fully saturated rings. The Hall–Kier alpha value is -1.26. The summed E-state index contributed by atoms with van der Waals surface area (Å²) in [6.45, 7) is 2.57. The van der Waals surface area contributed by atoms with Gasteiger partial charge in [-0.2, -0.15) is 0 Å². The number of oxime groups is 1. The molecular formula is C11H16ClN3O. The number of nitrogens with zero attached hydrogens (tertiary/aromatic N) is 2. The topological polar surface area (TPSA) is 61.9 Å². The zero-order chi connectivity index (χ0) is 12.1. The maximum atomic E-state index is 8.58. The van der Waals surface area contributed by atoms with E-state index in [1.807, 2.05) is 43.1 Å². The number of likely N-dealkylation sites (N-methyl/N-ethyl adjacent to an activating group) is 1. The van der Waals surface area contributed by atoms with Crippen LogP contribution in [0.15, 0.2) is 29.4 Å². The molecule has 1 aromatic rings. The van der Waals surface area contributed by atoms with Gasteiger partial charge in [0.25, 0.3) is 0 Å². The zero-order valence-electron chi connectivity index (χ0n) is 9.39. The van der Waals surface area contributed by atoms with Gasteiger partial charge in [-0.15, -0.1) is 0 Å². The van der Waals surface area contributed by atoms with Gasteiger partial charge in [-0.25, -0.2) is 0 Å². The van der Waals surface area contributed by atoms with Gasteiger partial charge >= 0.3 is 0 Å². The van der Waals surface area contributed by atoms with Gasteiger partial charge in [-0.05, 0) is 31.7 Å². The SMILES string of the molecule is CC(C(N)=NO)N(C)Cc1cccc(Cl)c1. The van der Waals surface area contributed by atoms with Gasteiger partial charge in [0.2, 0.25) is 0 Å². The van der Waals surface area contributed by atoms with Crippen molar-refractivity contribution in [2.45, 2.75) is 19.5 Å². The largest absolute Gasteiger partial charge is 0.409 e. The maximum Gasteiger partial charge on any atom is 0.156 e. The fourth-order valence-corrected chi connectivity index (χ4v) is 1.58. The summed E-state index contributed by atoms with van der Waals surface area (Å²) in [4.78, 5) is 1.97. The molecule has 1 rings (SSSR count). The van der Waals surface area contributed by atoms with Crippen molar-refractivity contribution in [3.63, 3.8) is 0 Å². The lowest BCUT2D eigenvalue weighted by atomic mass is 10.2. The van der Waals surface area contributed by atoms with Crippen LogP contribution in [0.4, 0.5) is 0 Å². The lowest BCUT2D eigenvalue weighted by molar-refractivity contribution is 0.279. The highest BCUT2D eigenvalue weighted by molar-refractivity contribution is 6.30. The fourth-order valence-electron chi connectivity index (χ4n) is 1.37. The molecule has 0 heterocycles. The van der Waals surface area contributed by atoms with Crippen molar-refractivity contribution in [1.82, 2.24) is 4.90 Å². The van der Waals surface area contributed by atoms with Gasteiger partial charge < -0.3 is 10.9 Å². The minimum absolute atomic E-state index is 0.121. The molecule has 1 aromatic carbocycles. The summed E-state index contributed by atoms with van der Waals surface area (Å²) in [5.41, 5.74) is 6.62. The number of benzene rings is 1. The van der Waals surface area contributed by atoms with Gasteiger partial charge in [-0.1, -0.05) is 28.9 Å². The Morgan fingerprint density at radius 2 is 2.31 bits per heavy atom. The molecule has 0 spiro atoms. The van der Waals surface area contributed by atoms with Crippen LogP contribution in [0.1, 0.15) is 12.5 Å². The van der Waals surface area contributed by atoms with Crippen LogP contribution in [0.2, 0.25) is 5.02 Å². The van der Waals surface area contributed by atoms with E-state index >= 15 is 0 Å². The summed E-state index contributed by atoms with van der Waals surface area (Å²) >= 11 is 5.89. The minimum Gasteiger partial charge on any atom is -0.409 e. The molecule has 0 aromatic heterocycles. The minimum atomic E-state index is -0.121. The van der Waals surface area contributed by atoms with Crippen LogP contribution in [0.25, 0.3) is 0 Å². The van der Waals surface area contributed by atoms with Gasteiger partial charge in [-0.3, -0.25) is 4.90 Å². The van der Waals surface area contributed by atoms with Gasteiger partial charge in [0.1, 0.15) is 0 Å². The summed E-state index contributed by atoms with van der Waals surface area (Å²) in [5.74, 6) is 0.199. The smallest absolute Gasteiger partial charge is 0.156 e. The molecule has 1 atom stereocenters. The second kappa shape index (κ2) is 5.72. The van der Waals surface area contributed by atoms with E-state index in [1.165, 1.54) is 0 Å². The first kappa shape index (κ1) is 12.8. The number of nitrogens with two attached hydrogens (primary N) is 1. The molecule has 0 aliphatic carbocycles. The van der Waals surface area contributed by atoms with Crippen LogP contribution in [0.3, 0.4) is 0 Å². The number of amidine groups is 1. The monoisotopic (exact) mass is 241 g/mol. The molecule has 16 heavy (non-hydrogen) atoms. The van der Waals surface area contributed by atoms with Crippen LogP contribution in [-0.2, 0) is 6.54 Å². The molecular weight excluding hydrogens is 226 g/mol. The van der Waals surface area contributed by atoms with Crippen LogP contribution in [-0.4, -0.2) is 29.0 Å². The van der Waals surface area contributed by atoms with Gasteiger partial charge in [0.15, 0.2) is 5.84 Å². The number of hydrogen-bond acceptors (Lipinski definition) is 3. The van der Waals surface area contributed by atoms with Crippen LogP contribution < -0.4 is 5.73 Å². The van der Waals surface area contributed by atoms with Crippen molar-refractivity contribution in [2.75, 3.05) is 7.05 Å². The molecule has 0 aliphatic heterocycles. The predicted octanol–water partition coefficient (Wildman–Crippen LogP) is 1.91. The highest BCUT2D eigenvalue weighted by Gasteiger charge is 2.13. The Labute approximate surface area is 100 Å². The van der Waals surface area contributed by atoms with E-state index in [0.717, 1.165) is 5.56 Å². The van der Waals surface area contributed by atoms with Crippen molar-refractivity contribution in [3.8, 4) is 0 Å². The van der Waals surface area contributed by atoms with Gasteiger partial charge in [0.05, 0.1) is 6.04 Å². The second-order valence-electron chi connectivity index (χ2n) is 3.75. The number of rotatable bonds is 4. The van der Waals surface area contributed by atoms with Crippen molar-refractivity contribution in [2.24, 2.45) is 10.9 Å². The quantitative estimate of drug-likeness (QED) is 0.366. The van der Waals surface area contributed by atoms with Crippen molar-refractivity contribution < 1.29 is 5.21 Å².